The number of nitrogen functional groups attached to an aromatic ring is 1. The molecule has 0 heterocycles. The van der Waals surface area contributed by atoms with Crippen LogP contribution >= 0.6 is 12.4 Å². The zero-order valence-electron chi connectivity index (χ0n) is 10.3. The number of carbonyl (C=O) groups is 1. The molecular formula is C14H19ClN2O. The summed E-state index contributed by atoms with van der Waals surface area (Å²) in [6.45, 7) is 0.757. The van der Waals surface area contributed by atoms with Crippen molar-refractivity contribution in [1.82, 2.24) is 5.32 Å². The predicted octanol–water partition coefficient (Wildman–Crippen LogP) is 2.78. The number of hydrogen-bond acceptors (Lipinski definition) is 2. The number of carbonyl (C=O) groups excluding carboxylic acids is 1. The first-order valence-corrected chi connectivity index (χ1v) is 6.04. The van der Waals surface area contributed by atoms with Crippen molar-refractivity contribution >= 4 is 24.0 Å². The maximum absolute atomic E-state index is 11.8. The van der Waals surface area contributed by atoms with Crippen LogP contribution in [-0.4, -0.2) is 12.5 Å². The van der Waals surface area contributed by atoms with Crippen molar-refractivity contribution in [2.24, 2.45) is 5.92 Å². The van der Waals surface area contributed by atoms with Gasteiger partial charge in [-0.1, -0.05) is 12.2 Å². The maximum atomic E-state index is 11.8. The lowest BCUT2D eigenvalue weighted by Gasteiger charge is -2.18. The van der Waals surface area contributed by atoms with E-state index >= 15 is 0 Å². The molecule has 1 aliphatic rings. The highest BCUT2D eigenvalue weighted by molar-refractivity contribution is 5.94. The number of hydrogen-bond donors (Lipinski definition) is 2. The molecule has 18 heavy (non-hydrogen) atoms. The average Bonchev–Trinajstić information content (AvgIpc) is 2.38. The molecule has 3 N–H and O–H groups in total. The quantitative estimate of drug-likeness (QED) is 0.653. The van der Waals surface area contributed by atoms with Crippen LogP contribution in [0.1, 0.15) is 29.6 Å². The molecule has 1 aliphatic carbocycles. The van der Waals surface area contributed by atoms with Gasteiger partial charge in [0, 0.05) is 17.8 Å². The molecule has 1 atom stereocenters. The molecular weight excluding hydrogens is 248 g/mol. The Morgan fingerprint density at radius 1 is 1.28 bits per heavy atom. The Labute approximate surface area is 114 Å². The summed E-state index contributed by atoms with van der Waals surface area (Å²) in [5.74, 6) is 0.567. The minimum atomic E-state index is -0.0143. The largest absolute Gasteiger partial charge is 0.399 e. The third-order valence-corrected chi connectivity index (χ3v) is 3.10. The van der Waals surface area contributed by atoms with E-state index in [9.17, 15) is 4.79 Å². The highest BCUT2D eigenvalue weighted by Gasteiger charge is 2.11. The lowest BCUT2D eigenvalue weighted by atomic mass is 9.94. The second-order valence-electron chi connectivity index (χ2n) is 4.48. The fourth-order valence-corrected chi connectivity index (χ4v) is 2.02. The van der Waals surface area contributed by atoms with E-state index < -0.39 is 0 Å². The van der Waals surface area contributed by atoms with E-state index in [1.54, 1.807) is 24.3 Å². The Balaban J connectivity index is 0.00000162. The minimum Gasteiger partial charge on any atom is -0.399 e. The van der Waals surface area contributed by atoms with E-state index in [4.69, 9.17) is 5.73 Å². The predicted molar refractivity (Wildman–Crippen MR) is 76.9 cm³/mol. The monoisotopic (exact) mass is 266 g/mol. The van der Waals surface area contributed by atoms with Crippen LogP contribution in [0.2, 0.25) is 0 Å². The van der Waals surface area contributed by atoms with Crippen LogP contribution < -0.4 is 11.1 Å². The molecule has 0 saturated heterocycles. The van der Waals surface area contributed by atoms with Gasteiger partial charge in [-0.3, -0.25) is 4.79 Å². The van der Waals surface area contributed by atoms with Crippen molar-refractivity contribution < 1.29 is 4.79 Å². The topological polar surface area (TPSA) is 55.1 Å². The molecule has 0 spiro atoms. The molecule has 0 aliphatic heterocycles. The standard InChI is InChI=1S/C14H18N2O.ClH/c15-13-8-6-12(7-9-13)14(17)16-10-11-4-2-1-3-5-11;/h1-2,6-9,11H,3-5,10,15H2,(H,16,17);1H. The lowest BCUT2D eigenvalue weighted by Crippen LogP contribution is -2.29. The van der Waals surface area contributed by atoms with E-state index in [-0.39, 0.29) is 18.3 Å². The van der Waals surface area contributed by atoms with Gasteiger partial charge in [0.1, 0.15) is 0 Å². The molecule has 0 fully saturated rings. The summed E-state index contributed by atoms with van der Waals surface area (Å²) in [6, 6.07) is 7.01. The van der Waals surface area contributed by atoms with E-state index in [0.29, 0.717) is 17.2 Å². The van der Waals surface area contributed by atoms with Crippen LogP contribution in [0.3, 0.4) is 0 Å². The fraction of sp³-hybridized carbons (Fsp3) is 0.357. The highest BCUT2D eigenvalue weighted by Crippen LogP contribution is 2.17. The second-order valence-corrected chi connectivity index (χ2v) is 4.48. The molecule has 1 aromatic carbocycles. The molecule has 2 rings (SSSR count). The summed E-state index contributed by atoms with van der Waals surface area (Å²) in [5.41, 5.74) is 6.93. The van der Waals surface area contributed by atoms with Crippen molar-refractivity contribution in [3.05, 3.63) is 42.0 Å². The Hall–Kier alpha value is -1.48. The average molecular weight is 267 g/mol. The fourth-order valence-electron chi connectivity index (χ4n) is 2.02. The first kappa shape index (κ1) is 14.6. The first-order chi connectivity index (χ1) is 8.25. The second kappa shape index (κ2) is 7.07. The number of nitrogens with one attached hydrogen (secondary N) is 1. The maximum Gasteiger partial charge on any atom is 0.251 e. The summed E-state index contributed by atoms with van der Waals surface area (Å²) in [4.78, 5) is 11.8. The van der Waals surface area contributed by atoms with Crippen LogP contribution in [-0.2, 0) is 0 Å². The summed E-state index contributed by atoms with van der Waals surface area (Å²) in [6.07, 6.45) is 7.77. The minimum absolute atomic E-state index is 0. The van der Waals surface area contributed by atoms with Gasteiger partial charge in [-0.25, -0.2) is 0 Å². The number of nitrogens with two attached hydrogens (primary N) is 1. The molecule has 1 aromatic rings. The van der Waals surface area contributed by atoms with Crippen molar-refractivity contribution in [2.75, 3.05) is 12.3 Å². The third kappa shape index (κ3) is 4.08. The number of halogens is 1. The van der Waals surface area contributed by atoms with E-state index in [1.807, 2.05) is 0 Å². The van der Waals surface area contributed by atoms with Crippen LogP contribution in [0.5, 0.6) is 0 Å². The molecule has 0 radical (unpaired) electrons. The first-order valence-electron chi connectivity index (χ1n) is 6.04. The molecule has 4 heteroatoms. The Kier molecular flexibility index (Phi) is 5.72. The van der Waals surface area contributed by atoms with Crippen LogP contribution in [0.15, 0.2) is 36.4 Å². The highest BCUT2D eigenvalue weighted by atomic mass is 35.5. The van der Waals surface area contributed by atoms with Crippen molar-refractivity contribution in [2.45, 2.75) is 19.3 Å². The Morgan fingerprint density at radius 2 is 2.00 bits per heavy atom. The van der Waals surface area contributed by atoms with Crippen LogP contribution in [0.4, 0.5) is 5.69 Å². The smallest absolute Gasteiger partial charge is 0.251 e. The van der Waals surface area contributed by atoms with E-state index in [2.05, 4.69) is 17.5 Å². The number of amides is 1. The molecule has 0 bridgehead atoms. The molecule has 1 amide bonds. The van der Waals surface area contributed by atoms with Crippen molar-refractivity contribution in [1.29, 1.82) is 0 Å². The number of anilines is 1. The van der Waals surface area contributed by atoms with Gasteiger partial charge in [-0.15, -0.1) is 12.4 Å². The summed E-state index contributed by atoms with van der Waals surface area (Å²) < 4.78 is 0. The van der Waals surface area contributed by atoms with Gasteiger partial charge in [0.25, 0.3) is 5.91 Å². The summed E-state index contributed by atoms with van der Waals surface area (Å²) in [5, 5.41) is 2.97. The molecule has 0 aromatic heterocycles. The van der Waals surface area contributed by atoms with E-state index in [1.165, 1.54) is 6.42 Å². The van der Waals surface area contributed by atoms with Crippen LogP contribution in [0.25, 0.3) is 0 Å². The SMILES string of the molecule is Cl.Nc1ccc(C(=O)NCC2CC=CCC2)cc1. The van der Waals surface area contributed by atoms with Gasteiger partial charge < -0.3 is 11.1 Å². The Morgan fingerprint density at radius 3 is 2.61 bits per heavy atom. The summed E-state index contributed by atoms with van der Waals surface area (Å²) in [7, 11) is 0. The normalized spacial score (nSPS) is 17.9. The zero-order chi connectivity index (χ0) is 12.1. The Bertz CT molecular complexity index is 414. The lowest BCUT2D eigenvalue weighted by molar-refractivity contribution is 0.0946. The third-order valence-electron chi connectivity index (χ3n) is 3.10. The number of rotatable bonds is 3. The number of allylic oxidation sites excluding steroid dienone is 2. The molecule has 3 nitrogen and oxygen atoms in total. The number of benzene rings is 1. The molecule has 1 unspecified atom stereocenters. The van der Waals surface area contributed by atoms with Gasteiger partial charge in [0.15, 0.2) is 0 Å². The zero-order valence-corrected chi connectivity index (χ0v) is 11.1. The molecule has 98 valence electrons. The van der Waals surface area contributed by atoms with Gasteiger partial charge >= 0.3 is 0 Å². The van der Waals surface area contributed by atoms with Crippen LogP contribution in [0, 0.1) is 5.92 Å². The molecule has 0 saturated carbocycles. The summed E-state index contributed by atoms with van der Waals surface area (Å²) >= 11 is 0. The van der Waals surface area contributed by atoms with Crippen molar-refractivity contribution in [3.8, 4) is 0 Å². The van der Waals surface area contributed by atoms with Gasteiger partial charge in [0.05, 0.1) is 0 Å². The van der Waals surface area contributed by atoms with E-state index in [0.717, 1.165) is 19.4 Å². The van der Waals surface area contributed by atoms with Gasteiger partial charge in [-0.05, 0) is 49.4 Å². The van der Waals surface area contributed by atoms with Gasteiger partial charge in [0.2, 0.25) is 0 Å². The van der Waals surface area contributed by atoms with Gasteiger partial charge in [-0.2, -0.15) is 0 Å². The van der Waals surface area contributed by atoms with Crippen molar-refractivity contribution in [3.63, 3.8) is 0 Å².